The third kappa shape index (κ3) is 5.86. The first-order chi connectivity index (χ1) is 19.9. The third-order valence-electron chi connectivity index (χ3n) is 9.37. The molecule has 0 spiro atoms. The van der Waals surface area contributed by atoms with Gasteiger partial charge in [0, 0.05) is 55.2 Å². The number of rotatable bonds is 10. The van der Waals surface area contributed by atoms with E-state index >= 15 is 0 Å². The molecule has 4 nitrogen and oxygen atoms in total. The summed E-state index contributed by atoms with van der Waals surface area (Å²) < 4.78 is 28.3. The molecule has 2 aliphatic rings. The Hall–Kier alpha value is -3.54. The number of allylic oxidation sites excluding steroid dienone is 1. The second kappa shape index (κ2) is 11.6. The molecule has 6 heteroatoms. The Morgan fingerprint density at radius 3 is 2.43 bits per heavy atom. The molecule has 0 saturated carbocycles. The SMILES string of the molecule is C=C1CC(c2cccc(C(C)(F)F)c2)C(C)N1Cc1nc(N2CCC2)ccc1-c1cc(C(C)(C)CC=O)ccc1CC. The largest absolute Gasteiger partial charge is 0.366 e. The molecule has 3 aromatic rings. The minimum atomic E-state index is -2.88. The van der Waals surface area contributed by atoms with Crippen molar-refractivity contribution in [3.63, 3.8) is 0 Å². The molecule has 1 aromatic heterocycles. The van der Waals surface area contributed by atoms with E-state index in [-0.39, 0.29) is 22.9 Å². The predicted octanol–water partition coefficient (Wildman–Crippen LogP) is 8.39. The molecule has 2 aliphatic heterocycles. The Balaban J connectivity index is 1.54. The molecule has 3 heterocycles. The van der Waals surface area contributed by atoms with Gasteiger partial charge < -0.3 is 14.6 Å². The first kappa shape index (κ1) is 29.9. The van der Waals surface area contributed by atoms with Gasteiger partial charge in [-0.25, -0.2) is 13.8 Å². The molecular weight excluding hydrogens is 528 g/mol. The molecule has 5 rings (SSSR count). The number of carbonyl (C=O) groups excluding carboxylic acids is 1. The summed E-state index contributed by atoms with van der Waals surface area (Å²) in [6, 6.07) is 17.8. The molecule has 2 fully saturated rings. The topological polar surface area (TPSA) is 36.4 Å². The van der Waals surface area contributed by atoms with Crippen LogP contribution in [0.4, 0.5) is 14.6 Å². The molecule has 42 heavy (non-hydrogen) atoms. The summed E-state index contributed by atoms with van der Waals surface area (Å²) in [4.78, 5) is 21.3. The highest BCUT2D eigenvalue weighted by Gasteiger charge is 2.36. The maximum Gasteiger partial charge on any atom is 0.270 e. The van der Waals surface area contributed by atoms with Gasteiger partial charge in [-0.05, 0) is 72.1 Å². The number of carbonyl (C=O) groups is 1. The molecule has 0 bridgehead atoms. The van der Waals surface area contributed by atoms with Crippen molar-refractivity contribution in [2.75, 3.05) is 18.0 Å². The van der Waals surface area contributed by atoms with E-state index in [0.29, 0.717) is 13.0 Å². The number of aromatic nitrogens is 1. The normalized spacial score (nSPS) is 19.3. The van der Waals surface area contributed by atoms with Crippen LogP contribution >= 0.6 is 0 Å². The van der Waals surface area contributed by atoms with E-state index in [1.165, 1.54) is 18.1 Å². The Morgan fingerprint density at radius 1 is 1.02 bits per heavy atom. The summed E-state index contributed by atoms with van der Waals surface area (Å²) in [7, 11) is 0. The average molecular weight is 572 g/mol. The van der Waals surface area contributed by atoms with Crippen LogP contribution in [0.5, 0.6) is 0 Å². The minimum Gasteiger partial charge on any atom is -0.366 e. The smallest absolute Gasteiger partial charge is 0.270 e. The van der Waals surface area contributed by atoms with Crippen molar-refractivity contribution in [2.24, 2.45) is 0 Å². The van der Waals surface area contributed by atoms with Gasteiger partial charge in [0.15, 0.2) is 0 Å². The predicted molar refractivity (Wildman–Crippen MR) is 167 cm³/mol. The minimum absolute atomic E-state index is 0.0481. The quantitative estimate of drug-likeness (QED) is 0.229. The van der Waals surface area contributed by atoms with Crippen molar-refractivity contribution in [3.8, 4) is 11.1 Å². The van der Waals surface area contributed by atoms with Gasteiger partial charge >= 0.3 is 0 Å². The number of halogens is 2. The summed E-state index contributed by atoms with van der Waals surface area (Å²) >= 11 is 0. The van der Waals surface area contributed by atoms with Crippen LogP contribution in [-0.4, -0.2) is 35.3 Å². The highest BCUT2D eigenvalue weighted by Crippen LogP contribution is 2.42. The number of aryl methyl sites for hydroxylation is 1. The summed E-state index contributed by atoms with van der Waals surface area (Å²) in [5.41, 5.74) is 7.30. The zero-order valence-electron chi connectivity index (χ0n) is 25.6. The molecule has 222 valence electrons. The Kier molecular flexibility index (Phi) is 8.28. The van der Waals surface area contributed by atoms with Crippen molar-refractivity contribution >= 4 is 12.1 Å². The molecule has 2 saturated heterocycles. The standard InChI is InChI=1S/C36H43F2N3O/c1-7-26-12-13-28(35(4,5)16-19-42)22-32(26)30-14-15-34(40-17-9-18-40)39-33(30)23-41-24(2)20-31(25(41)3)27-10-8-11-29(21-27)36(6,37)38/h8,10-15,19,21-22,25,31H,2,7,9,16-18,20,23H2,1,3-6H3. The van der Waals surface area contributed by atoms with Crippen molar-refractivity contribution in [3.05, 3.63) is 94.8 Å². The van der Waals surface area contributed by atoms with Gasteiger partial charge in [-0.15, -0.1) is 0 Å². The van der Waals surface area contributed by atoms with Crippen LogP contribution in [0.3, 0.4) is 0 Å². The molecule has 2 unspecified atom stereocenters. The zero-order valence-corrected chi connectivity index (χ0v) is 25.6. The van der Waals surface area contributed by atoms with E-state index < -0.39 is 5.92 Å². The number of alkyl halides is 2. The number of nitrogens with zero attached hydrogens (tertiary/aromatic N) is 3. The first-order valence-corrected chi connectivity index (χ1v) is 15.2. The van der Waals surface area contributed by atoms with E-state index in [1.54, 1.807) is 12.1 Å². The molecule has 0 N–H and O–H groups in total. The van der Waals surface area contributed by atoms with Gasteiger partial charge in [0.05, 0.1) is 12.2 Å². The van der Waals surface area contributed by atoms with Crippen LogP contribution in [0.1, 0.15) is 87.7 Å². The fourth-order valence-electron chi connectivity index (χ4n) is 6.36. The molecule has 0 amide bonds. The molecule has 0 aliphatic carbocycles. The number of pyridine rings is 1. The maximum absolute atomic E-state index is 14.2. The highest BCUT2D eigenvalue weighted by atomic mass is 19.3. The second-order valence-electron chi connectivity index (χ2n) is 12.7. The second-order valence-corrected chi connectivity index (χ2v) is 12.7. The van der Waals surface area contributed by atoms with Gasteiger partial charge in [0.1, 0.15) is 12.1 Å². The van der Waals surface area contributed by atoms with E-state index in [1.807, 2.05) is 6.07 Å². The number of aldehydes is 1. The van der Waals surface area contributed by atoms with Gasteiger partial charge in [-0.3, -0.25) is 0 Å². The van der Waals surface area contributed by atoms with Crippen molar-refractivity contribution in [1.29, 1.82) is 0 Å². The number of anilines is 1. The van der Waals surface area contributed by atoms with Crippen LogP contribution in [0.2, 0.25) is 0 Å². The van der Waals surface area contributed by atoms with E-state index in [2.05, 4.69) is 74.4 Å². The Labute approximate surface area is 249 Å². The van der Waals surface area contributed by atoms with Crippen LogP contribution in [0, 0.1) is 0 Å². The lowest BCUT2D eigenvalue weighted by Crippen LogP contribution is -2.38. The molecule has 2 aromatic carbocycles. The van der Waals surface area contributed by atoms with Gasteiger partial charge in [0.25, 0.3) is 5.92 Å². The van der Waals surface area contributed by atoms with E-state index in [9.17, 15) is 13.6 Å². The van der Waals surface area contributed by atoms with Crippen LogP contribution in [-0.2, 0) is 29.1 Å². The molecular formula is C36H43F2N3O. The number of likely N-dealkylation sites (tertiary alicyclic amines) is 1. The van der Waals surface area contributed by atoms with Crippen molar-refractivity contribution in [2.45, 2.75) is 90.1 Å². The Morgan fingerprint density at radius 2 is 1.79 bits per heavy atom. The van der Waals surface area contributed by atoms with Crippen molar-refractivity contribution in [1.82, 2.24) is 9.88 Å². The highest BCUT2D eigenvalue weighted by molar-refractivity contribution is 5.72. The maximum atomic E-state index is 14.2. The fraction of sp³-hybridized carbons (Fsp3) is 0.444. The van der Waals surface area contributed by atoms with Crippen LogP contribution in [0.25, 0.3) is 11.1 Å². The monoisotopic (exact) mass is 571 g/mol. The zero-order chi connectivity index (χ0) is 30.2. The summed E-state index contributed by atoms with van der Waals surface area (Å²) in [6.07, 6.45) is 4.22. The van der Waals surface area contributed by atoms with Crippen LogP contribution < -0.4 is 4.90 Å². The summed E-state index contributed by atoms with van der Waals surface area (Å²) in [6.45, 7) is 16.5. The lowest BCUT2D eigenvalue weighted by atomic mass is 9.80. The van der Waals surface area contributed by atoms with Gasteiger partial charge in [-0.1, -0.05) is 63.7 Å². The Bertz CT molecular complexity index is 1470. The van der Waals surface area contributed by atoms with Gasteiger partial charge in [-0.2, -0.15) is 0 Å². The number of hydrogen-bond acceptors (Lipinski definition) is 4. The first-order valence-electron chi connectivity index (χ1n) is 15.2. The molecule has 0 radical (unpaired) electrons. The third-order valence-corrected chi connectivity index (χ3v) is 9.37. The fourth-order valence-corrected chi connectivity index (χ4v) is 6.36. The summed E-state index contributed by atoms with van der Waals surface area (Å²) in [5.74, 6) is -1.82. The average Bonchev–Trinajstić information content (AvgIpc) is 3.20. The van der Waals surface area contributed by atoms with Gasteiger partial charge in [0.2, 0.25) is 0 Å². The summed E-state index contributed by atoms with van der Waals surface area (Å²) in [5, 5.41) is 0. The number of benzene rings is 2. The van der Waals surface area contributed by atoms with E-state index in [0.717, 1.165) is 78.6 Å². The van der Waals surface area contributed by atoms with Crippen molar-refractivity contribution < 1.29 is 13.6 Å². The molecule has 2 atom stereocenters. The lowest BCUT2D eigenvalue weighted by molar-refractivity contribution is -0.108. The van der Waals surface area contributed by atoms with E-state index in [4.69, 9.17) is 4.98 Å². The van der Waals surface area contributed by atoms with Crippen LogP contribution in [0.15, 0.2) is 66.9 Å². The lowest BCUT2D eigenvalue weighted by Gasteiger charge is -2.33. The number of hydrogen-bond donors (Lipinski definition) is 0.